The maximum absolute atomic E-state index is 14.7. The molecule has 0 amide bonds. The second-order valence-corrected chi connectivity index (χ2v) is 8.63. The molecule has 10 heteroatoms. The third-order valence-electron chi connectivity index (χ3n) is 6.36. The molecule has 4 heterocycles. The van der Waals surface area contributed by atoms with Crippen LogP contribution < -0.4 is 4.90 Å². The summed E-state index contributed by atoms with van der Waals surface area (Å²) in [6.45, 7) is 2.35. The fourth-order valence-electron chi connectivity index (χ4n) is 4.41. The first-order valence-corrected chi connectivity index (χ1v) is 11.6. The average molecular weight is 481 g/mol. The Labute approximate surface area is 201 Å². The third kappa shape index (κ3) is 5.07. The van der Waals surface area contributed by atoms with Gasteiger partial charge >= 0.3 is 0 Å². The Balaban J connectivity index is 1.44. The minimum absolute atomic E-state index is 0.178. The molecule has 5 rings (SSSR count). The molecule has 182 valence electrons. The van der Waals surface area contributed by atoms with E-state index in [0.29, 0.717) is 47.5 Å². The molecule has 4 aromatic rings. The van der Waals surface area contributed by atoms with Crippen molar-refractivity contribution >= 4 is 5.82 Å². The van der Waals surface area contributed by atoms with Crippen LogP contribution in [0.2, 0.25) is 0 Å². The van der Waals surface area contributed by atoms with E-state index in [0.717, 1.165) is 25.9 Å². The summed E-state index contributed by atoms with van der Waals surface area (Å²) in [7, 11) is 1.71. The Morgan fingerprint density at radius 3 is 2.66 bits per heavy atom. The highest BCUT2D eigenvalue weighted by molar-refractivity contribution is 5.63. The summed E-state index contributed by atoms with van der Waals surface area (Å²) in [4.78, 5) is 10.7. The normalized spacial score (nSPS) is 14.5. The van der Waals surface area contributed by atoms with Crippen LogP contribution in [-0.4, -0.2) is 51.7 Å². The summed E-state index contributed by atoms with van der Waals surface area (Å²) in [5.74, 6) is 0.331. The van der Waals surface area contributed by atoms with Gasteiger partial charge in [-0.25, -0.2) is 18.7 Å². The predicted octanol–water partition coefficient (Wildman–Crippen LogP) is 4.57. The van der Waals surface area contributed by atoms with Crippen molar-refractivity contribution in [1.82, 2.24) is 24.9 Å². The Hall–Kier alpha value is -3.66. The molecule has 1 aromatic carbocycles. The standard InChI is InChI=1S/C25H26F2N6O2/c1-34-12-8-17-6-10-32(11-7-17)25-20(27)15-28-24(29-25)22-14-23(21-9-13-35-31-21)33(30-22)16-18-4-2-3-5-19(18)26/h2-5,9,13-15,17H,6-8,10-12,16H2,1H3. The number of hydrogen-bond donors (Lipinski definition) is 0. The minimum Gasteiger partial charge on any atom is -0.385 e. The number of rotatable bonds is 8. The summed E-state index contributed by atoms with van der Waals surface area (Å²) < 4.78 is 40.9. The first-order chi connectivity index (χ1) is 17.1. The fourth-order valence-corrected chi connectivity index (χ4v) is 4.41. The Morgan fingerprint density at radius 1 is 1.09 bits per heavy atom. The van der Waals surface area contributed by atoms with Gasteiger partial charge in [-0.1, -0.05) is 23.4 Å². The van der Waals surface area contributed by atoms with Gasteiger partial charge in [-0.15, -0.1) is 0 Å². The van der Waals surface area contributed by atoms with E-state index in [1.54, 1.807) is 42.1 Å². The lowest BCUT2D eigenvalue weighted by Gasteiger charge is -2.32. The van der Waals surface area contributed by atoms with Crippen LogP contribution >= 0.6 is 0 Å². The number of piperidine rings is 1. The van der Waals surface area contributed by atoms with E-state index in [1.165, 1.54) is 18.5 Å². The number of halogens is 2. The van der Waals surface area contributed by atoms with Gasteiger partial charge in [0.2, 0.25) is 0 Å². The van der Waals surface area contributed by atoms with Crippen molar-refractivity contribution in [3.05, 3.63) is 66.1 Å². The van der Waals surface area contributed by atoms with Crippen molar-refractivity contribution < 1.29 is 18.0 Å². The highest BCUT2D eigenvalue weighted by Crippen LogP contribution is 2.29. The van der Waals surface area contributed by atoms with Gasteiger partial charge in [0.05, 0.1) is 18.4 Å². The lowest BCUT2D eigenvalue weighted by Crippen LogP contribution is -2.35. The van der Waals surface area contributed by atoms with Crippen molar-refractivity contribution in [3.8, 4) is 22.9 Å². The molecule has 0 spiro atoms. The van der Waals surface area contributed by atoms with Gasteiger partial charge in [0.1, 0.15) is 23.5 Å². The van der Waals surface area contributed by atoms with Gasteiger partial charge in [0.15, 0.2) is 17.5 Å². The number of nitrogens with zero attached hydrogens (tertiary/aromatic N) is 6. The average Bonchev–Trinajstić information content (AvgIpc) is 3.55. The lowest BCUT2D eigenvalue weighted by molar-refractivity contribution is 0.170. The summed E-state index contributed by atoms with van der Waals surface area (Å²) in [6.07, 6.45) is 5.55. The van der Waals surface area contributed by atoms with Crippen LogP contribution in [-0.2, 0) is 11.3 Å². The summed E-state index contributed by atoms with van der Waals surface area (Å²) >= 11 is 0. The number of ether oxygens (including phenoxy) is 1. The second-order valence-electron chi connectivity index (χ2n) is 8.63. The van der Waals surface area contributed by atoms with Crippen molar-refractivity contribution in [2.75, 3.05) is 31.7 Å². The number of benzene rings is 1. The molecule has 0 radical (unpaired) electrons. The molecular weight excluding hydrogens is 454 g/mol. The molecule has 1 aliphatic rings. The molecule has 8 nitrogen and oxygen atoms in total. The SMILES string of the molecule is COCCC1CCN(c2nc(-c3cc(-c4ccon4)n(Cc4ccccc4F)n3)ncc2F)CC1. The van der Waals surface area contributed by atoms with Crippen LogP contribution in [0.15, 0.2) is 53.4 Å². The molecule has 0 unspecified atom stereocenters. The number of hydrogen-bond acceptors (Lipinski definition) is 7. The van der Waals surface area contributed by atoms with Gasteiger partial charge < -0.3 is 14.2 Å². The first-order valence-electron chi connectivity index (χ1n) is 11.6. The van der Waals surface area contributed by atoms with Crippen LogP contribution in [0.1, 0.15) is 24.8 Å². The highest BCUT2D eigenvalue weighted by atomic mass is 19.1. The topological polar surface area (TPSA) is 82.1 Å². The van der Waals surface area contributed by atoms with E-state index in [1.807, 2.05) is 4.90 Å². The summed E-state index contributed by atoms with van der Waals surface area (Å²) in [5, 5.41) is 8.63. The molecule has 0 saturated carbocycles. The molecule has 1 saturated heterocycles. The molecule has 3 aromatic heterocycles. The van der Waals surface area contributed by atoms with E-state index in [4.69, 9.17) is 9.26 Å². The van der Waals surface area contributed by atoms with E-state index in [2.05, 4.69) is 20.2 Å². The van der Waals surface area contributed by atoms with Crippen LogP contribution in [0.25, 0.3) is 22.9 Å². The zero-order chi connectivity index (χ0) is 24.2. The van der Waals surface area contributed by atoms with E-state index in [-0.39, 0.29) is 18.2 Å². The second kappa shape index (κ2) is 10.3. The highest BCUT2D eigenvalue weighted by Gasteiger charge is 2.24. The van der Waals surface area contributed by atoms with E-state index >= 15 is 0 Å². The van der Waals surface area contributed by atoms with Crippen LogP contribution in [0.4, 0.5) is 14.6 Å². The maximum Gasteiger partial charge on any atom is 0.183 e. The van der Waals surface area contributed by atoms with Crippen LogP contribution in [0.3, 0.4) is 0 Å². The van der Waals surface area contributed by atoms with Gasteiger partial charge in [0.25, 0.3) is 0 Å². The molecule has 35 heavy (non-hydrogen) atoms. The third-order valence-corrected chi connectivity index (χ3v) is 6.36. The molecule has 0 aliphatic carbocycles. The van der Waals surface area contributed by atoms with Crippen LogP contribution in [0, 0.1) is 17.6 Å². The maximum atomic E-state index is 14.7. The lowest BCUT2D eigenvalue weighted by atomic mass is 9.94. The van der Waals surface area contributed by atoms with Crippen molar-refractivity contribution in [2.45, 2.75) is 25.8 Å². The smallest absolute Gasteiger partial charge is 0.183 e. The fraction of sp³-hybridized carbons (Fsp3) is 0.360. The molecule has 0 atom stereocenters. The quantitative estimate of drug-likeness (QED) is 0.365. The van der Waals surface area contributed by atoms with E-state index < -0.39 is 5.82 Å². The monoisotopic (exact) mass is 480 g/mol. The zero-order valence-electron chi connectivity index (χ0n) is 19.4. The van der Waals surface area contributed by atoms with Crippen molar-refractivity contribution in [2.24, 2.45) is 5.92 Å². The Bertz CT molecular complexity index is 1270. The van der Waals surface area contributed by atoms with Crippen molar-refractivity contribution in [1.29, 1.82) is 0 Å². The molecular formula is C25H26F2N6O2. The minimum atomic E-state index is -0.466. The Kier molecular flexibility index (Phi) is 6.80. The van der Waals surface area contributed by atoms with Gasteiger partial charge in [-0.05, 0) is 37.3 Å². The summed E-state index contributed by atoms with van der Waals surface area (Å²) in [6, 6.07) is 9.97. The Morgan fingerprint density at radius 2 is 1.91 bits per heavy atom. The predicted molar refractivity (Wildman–Crippen MR) is 126 cm³/mol. The summed E-state index contributed by atoms with van der Waals surface area (Å²) in [5.41, 5.74) is 2.07. The van der Waals surface area contributed by atoms with E-state index in [9.17, 15) is 8.78 Å². The van der Waals surface area contributed by atoms with Crippen LogP contribution in [0.5, 0.6) is 0 Å². The first kappa shape index (κ1) is 23.1. The molecule has 0 N–H and O–H groups in total. The number of aromatic nitrogens is 5. The van der Waals surface area contributed by atoms with Gasteiger partial charge in [0, 0.05) is 38.4 Å². The zero-order valence-corrected chi connectivity index (χ0v) is 19.4. The molecule has 1 aliphatic heterocycles. The largest absolute Gasteiger partial charge is 0.385 e. The number of anilines is 1. The molecule has 1 fully saturated rings. The van der Waals surface area contributed by atoms with Gasteiger partial charge in [-0.3, -0.25) is 4.68 Å². The van der Waals surface area contributed by atoms with Gasteiger partial charge in [-0.2, -0.15) is 5.10 Å². The molecule has 0 bridgehead atoms. The number of methoxy groups -OCH3 is 1. The van der Waals surface area contributed by atoms with Crippen molar-refractivity contribution in [3.63, 3.8) is 0 Å².